The fourth-order valence-electron chi connectivity index (χ4n) is 3.33. The number of nitrogens with zero attached hydrogens (tertiary/aromatic N) is 4. The molecule has 0 radical (unpaired) electrons. The number of aliphatic hydroxyl groups excluding tert-OH is 3. The fraction of sp³-hybridized carbons (Fsp3) is 0.400. The average Bonchev–Trinajstić information content (AvgIpc) is 3.33. The Morgan fingerprint density at radius 3 is 2.66 bits per heavy atom. The van der Waals surface area contributed by atoms with Gasteiger partial charge in [0.2, 0.25) is 5.95 Å². The van der Waals surface area contributed by atoms with E-state index in [9.17, 15) is 25.2 Å². The van der Waals surface area contributed by atoms with Gasteiger partial charge in [-0.2, -0.15) is 4.98 Å². The van der Waals surface area contributed by atoms with Gasteiger partial charge < -0.3 is 30.5 Å². The molecular formula is C20H23N5O6S. The van der Waals surface area contributed by atoms with Crippen molar-refractivity contribution in [3.05, 3.63) is 42.2 Å². The molecule has 1 aliphatic heterocycles. The topological polar surface area (TPSA) is 163 Å². The summed E-state index contributed by atoms with van der Waals surface area (Å²) in [7, 11) is 0. The second-order valence-corrected chi connectivity index (χ2v) is 8.35. The Bertz CT molecular complexity index is 1100. The average molecular weight is 462 g/mol. The molecule has 1 aliphatic rings. The Balaban J connectivity index is 1.72. The number of carbonyl (C=O) groups is 1. The summed E-state index contributed by atoms with van der Waals surface area (Å²) in [4.78, 5) is 24.5. The van der Waals surface area contributed by atoms with Crippen LogP contribution in [0, 0.1) is 0 Å². The first-order valence-electron chi connectivity index (χ1n) is 9.92. The van der Waals surface area contributed by atoms with E-state index in [0.29, 0.717) is 21.9 Å². The van der Waals surface area contributed by atoms with Gasteiger partial charge in [-0.15, -0.1) is 0 Å². The van der Waals surface area contributed by atoms with Gasteiger partial charge in [0.1, 0.15) is 34.9 Å². The van der Waals surface area contributed by atoms with Gasteiger partial charge in [0.25, 0.3) is 0 Å². The van der Waals surface area contributed by atoms with Gasteiger partial charge in [-0.25, -0.2) is 9.97 Å². The molecule has 3 heterocycles. The molecule has 2 aromatic heterocycles. The number of aromatic nitrogens is 4. The minimum Gasteiger partial charge on any atom is -0.480 e. The largest absolute Gasteiger partial charge is 0.480 e. The third-order valence-corrected chi connectivity index (χ3v) is 6.15. The van der Waals surface area contributed by atoms with E-state index in [-0.39, 0.29) is 5.95 Å². The Labute approximate surface area is 187 Å². The molecule has 0 unspecified atom stereocenters. The number of hydrogen-bond donors (Lipinski definition) is 5. The maximum atomic E-state index is 11.3. The summed E-state index contributed by atoms with van der Waals surface area (Å²) in [5, 5.41) is 42.4. The van der Waals surface area contributed by atoms with E-state index < -0.39 is 43.2 Å². The third-order valence-electron chi connectivity index (χ3n) is 5.12. The number of aliphatic hydroxyl groups is 3. The monoisotopic (exact) mass is 461 g/mol. The number of benzene rings is 1. The van der Waals surface area contributed by atoms with Crippen LogP contribution in [0.1, 0.15) is 18.7 Å². The highest BCUT2D eigenvalue weighted by atomic mass is 32.2. The number of anilines is 1. The molecular weight excluding hydrogens is 438 g/mol. The van der Waals surface area contributed by atoms with Gasteiger partial charge in [0.05, 0.1) is 12.9 Å². The van der Waals surface area contributed by atoms with Crippen LogP contribution in [0.4, 0.5) is 5.95 Å². The molecule has 5 atom stereocenters. The SMILES string of the molecule is C[C@@H](Nc1nc(SCc2ccccc2)c2ncn([C@@H]3O[C@@H](CO)[C@@H](O)[C@H]3O)c2n1)C(=O)O. The molecule has 3 aromatic rings. The number of nitrogens with one attached hydrogen (secondary N) is 1. The maximum absolute atomic E-state index is 11.3. The zero-order valence-corrected chi connectivity index (χ0v) is 17.9. The highest BCUT2D eigenvalue weighted by Gasteiger charge is 2.44. The van der Waals surface area contributed by atoms with E-state index in [2.05, 4.69) is 20.3 Å². The van der Waals surface area contributed by atoms with Gasteiger partial charge in [-0.05, 0) is 12.5 Å². The number of ether oxygens (including phenoxy) is 1. The highest BCUT2D eigenvalue weighted by Crippen LogP contribution is 2.34. The van der Waals surface area contributed by atoms with E-state index in [1.54, 1.807) is 0 Å². The van der Waals surface area contributed by atoms with Gasteiger partial charge in [-0.1, -0.05) is 42.1 Å². The van der Waals surface area contributed by atoms with E-state index in [1.165, 1.54) is 29.6 Å². The molecule has 0 bridgehead atoms. The molecule has 0 saturated carbocycles. The van der Waals surface area contributed by atoms with Crippen molar-refractivity contribution in [2.45, 2.75) is 48.3 Å². The summed E-state index contributed by atoms with van der Waals surface area (Å²) >= 11 is 1.41. The Morgan fingerprint density at radius 2 is 2.00 bits per heavy atom. The van der Waals surface area contributed by atoms with E-state index >= 15 is 0 Å². The van der Waals surface area contributed by atoms with Gasteiger partial charge in [0, 0.05) is 5.75 Å². The number of imidazole rings is 1. The van der Waals surface area contributed by atoms with Crippen molar-refractivity contribution in [3.8, 4) is 0 Å². The second-order valence-electron chi connectivity index (χ2n) is 7.38. The van der Waals surface area contributed by atoms with Crippen LogP contribution in [0.2, 0.25) is 0 Å². The van der Waals surface area contributed by atoms with Crippen LogP contribution in [0.5, 0.6) is 0 Å². The van der Waals surface area contributed by atoms with Crippen molar-refractivity contribution in [2.24, 2.45) is 0 Å². The van der Waals surface area contributed by atoms with Crippen molar-refractivity contribution in [1.82, 2.24) is 19.5 Å². The van der Waals surface area contributed by atoms with Crippen molar-refractivity contribution >= 4 is 34.8 Å². The van der Waals surface area contributed by atoms with E-state index in [0.717, 1.165) is 5.56 Å². The number of aliphatic carboxylic acids is 1. The molecule has 0 aliphatic carbocycles. The first-order chi connectivity index (χ1) is 15.4. The lowest BCUT2D eigenvalue weighted by Gasteiger charge is -2.17. The zero-order valence-electron chi connectivity index (χ0n) is 17.1. The van der Waals surface area contributed by atoms with Gasteiger partial charge in [-0.3, -0.25) is 9.36 Å². The molecule has 11 nitrogen and oxygen atoms in total. The number of rotatable bonds is 8. The molecule has 0 amide bonds. The second kappa shape index (κ2) is 9.38. The Hall–Kier alpha value is -2.77. The molecule has 170 valence electrons. The number of fused-ring (bicyclic) bond motifs is 1. The van der Waals surface area contributed by atoms with Crippen molar-refractivity contribution in [2.75, 3.05) is 11.9 Å². The van der Waals surface area contributed by atoms with Crippen LogP contribution in [-0.4, -0.2) is 76.9 Å². The van der Waals surface area contributed by atoms with Gasteiger partial charge >= 0.3 is 5.97 Å². The molecule has 0 spiro atoms. The molecule has 1 saturated heterocycles. The molecule has 12 heteroatoms. The van der Waals surface area contributed by atoms with Crippen LogP contribution >= 0.6 is 11.8 Å². The number of carboxylic acids is 1. The van der Waals surface area contributed by atoms with Crippen LogP contribution in [0.3, 0.4) is 0 Å². The standard InChI is InChI=1S/C20H23N5O6S/c1-10(19(29)30)22-20-23-16-13(17(24-20)32-8-11-5-3-2-4-6-11)21-9-25(16)18-15(28)14(27)12(7-26)31-18/h2-6,9-10,12,14-15,18,26-28H,7-8H2,1H3,(H,29,30)(H,22,23,24)/t10-,12+,14-,15-,18-/m1/s1. The molecule has 32 heavy (non-hydrogen) atoms. The summed E-state index contributed by atoms with van der Waals surface area (Å²) in [5.74, 6) is -0.387. The quantitative estimate of drug-likeness (QED) is 0.236. The highest BCUT2D eigenvalue weighted by molar-refractivity contribution is 7.98. The lowest BCUT2D eigenvalue weighted by molar-refractivity contribution is -0.137. The Kier molecular flexibility index (Phi) is 6.58. The number of hydrogen-bond acceptors (Lipinski definition) is 10. The molecule has 4 rings (SSSR count). The smallest absolute Gasteiger partial charge is 0.325 e. The lowest BCUT2D eigenvalue weighted by Crippen LogP contribution is -2.33. The minimum atomic E-state index is -1.31. The van der Waals surface area contributed by atoms with Crippen LogP contribution in [-0.2, 0) is 15.3 Å². The zero-order chi connectivity index (χ0) is 22.8. The molecule has 5 N–H and O–H groups in total. The van der Waals surface area contributed by atoms with Crippen molar-refractivity contribution in [1.29, 1.82) is 0 Å². The van der Waals surface area contributed by atoms with Crippen molar-refractivity contribution < 1.29 is 30.0 Å². The summed E-state index contributed by atoms with van der Waals surface area (Å²) in [6.45, 7) is 1.01. The van der Waals surface area contributed by atoms with E-state index in [1.807, 2.05) is 30.3 Å². The third kappa shape index (κ3) is 4.40. The fourth-order valence-corrected chi connectivity index (χ4v) is 4.26. The van der Waals surface area contributed by atoms with Gasteiger partial charge in [0.15, 0.2) is 11.9 Å². The first kappa shape index (κ1) is 22.4. The van der Waals surface area contributed by atoms with Crippen LogP contribution < -0.4 is 5.32 Å². The molecule has 1 aromatic carbocycles. The summed E-state index contributed by atoms with van der Waals surface area (Å²) in [6.07, 6.45) is -3.16. The van der Waals surface area contributed by atoms with E-state index in [4.69, 9.17) is 4.74 Å². The lowest BCUT2D eigenvalue weighted by atomic mass is 10.1. The predicted octanol–water partition coefficient (Wildman–Crippen LogP) is 0.615. The minimum absolute atomic E-state index is 0.0801. The summed E-state index contributed by atoms with van der Waals surface area (Å²) in [6, 6.07) is 8.82. The normalized spacial score (nSPS) is 24.0. The molecule has 1 fully saturated rings. The summed E-state index contributed by atoms with van der Waals surface area (Å²) < 4.78 is 7.06. The van der Waals surface area contributed by atoms with Crippen molar-refractivity contribution in [3.63, 3.8) is 0 Å². The Morgan fingerprint density at radius 1 is 1.25 bits per heavy atom. The number of carboxylic acid groups (broad SMARTS) is 1. The van der Waals surface area contributed by atoms with Crippen LogP contribution in [0.25, 0.3) is 11.2 Å². The first-order valence-corrected chi connectivity index (χ1v) is 10.9. The number of thioether (sulfide) groups is 1. The maximum Gasteiger partial charge on any atom is 0.325 e. The predicted molar refractivity (Wildman–Crippen MR) is 115 cm³/mol. The summed E-state index contributed by atoms with van der Waals surface area (Å²) in [5.41, 5.74) is 1.81. The van der Waals surface area contributed by atoms with Crippen LogP contribution in [0.15, 0.2) is 41.7 Å².